The van der Waals surface area contributed by atoms with E-state index in [-0.39, 0.29) is 30.9 Å². The third-order valence-corrected chi connectivity index (χ3v) is 5.79. The van der Waals surface area contributed by atoms with Crippen molar-refractivity contribution in [3.63, 3.8) is 0 Å². The summed E-state index contributed by atoms with van der Waals surface area (Å²) in [7, 11) is 1.88. The molecule has 2 aliphatic heterocycles. The van der Waals surface area contributed by atoms with E-state index < -0.39 is 5.97 Å². The summed E-state index contributed by atoms with van der Waals surface area (Å²) in [5.41, 5.74) is 0. The normalized spacial score (nSPS) is 24.0. The van der Waals surface area contributed by atoms with Gasteiger partial charge in [-0.3, -0.25) is 19.4 Å². The lowest BCUT2D eigenvalue weighted by molar-refractivity contribution is -0.141. The van der Waals surface area contributed by atoms with E-state index in [0.29, 0.717) is 12.1 Å². The number of hydrogen-bond donors (Lipinski definition) is 1. The molecule has 2 aliphatic rings. The average Bonchev–Trinajstić information content (AvgIpc) is 2.60. The van der Waals surface area contributed by atoms with Crippen LogP contribution in [0.5, 0.6) is 0 Å². The van der Waals surface area contributed by atoms with Gasteiger partial charge in [-0.1, -0.05) is 6.92 Å². The van der Waals surface area contributed by atoms with Gasteiger partial charge in [-0.05, 0) is 52.5 Å². The molecule has 2 heterocycles. The molecular formula is C18H34ClN3O3. The molecule has 2 unspecified atom stereocenters. The number of carbonyl (C=O) groups excluding carboxylic acids is 1. The summed E-state index contributed by atoms with van der Waals surface area (Å²) in [6.07, 6.45) is 6.39. The van der Waals surface area contributed by atoms with Crippen molar-refractivity contribution in [1.82, 2.24) is 14.7 Å². The van der Waals surface area contributed by atoms with Crippen molar-refractivity contribution in [2.45, 2.75) is 70.5 Å². The lowest BCUT2D eigenvalue weighted by atomic mass is 9.98. The number of halogens is 1. The van der Waals surface area contributed by atoms with Gasteiger partial charge in [0, 0.05) is 31.7 Å². The highest BCUT2D eigenvalue weighted by Gasteiger charge is 2.33. The van der Waals surface area contributed by atoms with Gasteiger partial charge in [0.1, 0.15) is 0 Å². The van der Waals surface area contributed by atoms with Gasteiger partial charge in [0.2, 0.25) is 5.91 Å². The molecule has 1 amide bonds. The predicted molar refractivity (Wildman–Crippen MR) is 101 cm³/mol. The number of hydrogen-bond acceptors (Lipinski definition) is 4. The summed E-state index contributed by atoms with van der Waals surface area (Å²) in [6, 6.07) is 0.647. The van der Waals surface area contributed by atoms with E-state index in [1.807, 2.05) is 18.9 Å². The van der Waals surface area contributed by atoms with Crippen LogP contribution in [0, 0.1) is 0 Å². The maximum absolute atomic E-state index is 12.9. The van der Waals surface area contributed by atoms with Gasteiger partial charge < -0.3 is 10.0 Å². The lowest BCUT2D eigenvalue weighted by Gasteiger charge is -2.42. The van der Waals surface area contributed by atoms with E-state index in [2.05, 4.69) is 16.7 Å². The number of piperidine rings is 2. The van der Waals surface area contributed by atoms with Gasteiger partial charge in [0.15, 0.2) is 0 Å². The van der Waals surface area contributed by atoms with Crippen LogP contribution in [0.2, 0.25) is 0 Å². The third kappa shape index (κ3) is 5.83. The maximum Gasteiger partial charge on any atom is 0.317 e. The highest BCUT2D eigenvalue weighted by atomic mass is 35.5. The fraction of sp³-hybridized carbons (Fsp3) is 0.889. The minimum atomic E-state index is -0.779. The summed E-state index contributed by atoms with van der Waals surface area (Å²) >= 11 is 0. The van der Waals surface area contributed by atoms with Crippen molar-refractivity contribution >= 4 is 24.3 Å². The van der Waals surface area contributed by atoms with Crippen LogP contribution < -0.4 is 0 Å². The Hall–Kier alpha value is -0.850. The second-order valence-corrected chi connectivity index (χ2v) is 7.34. The number of likely N-dealkylation sites (N-methyl/N-ethyl adjacent to an activating group) is 1. The van der Waals surface area contributed by atoms with Gasteiger partial charge in [0.05, 0.1) is 12.6 Å². The van der Waals surface area contributed by atoms with Crippen molar-refractivity contribution in [1.29, 1.82) is 0 Å². The van der Waals surface area contributed by atoms with Crippen LogP contribution in [0.3, 0.4) is 0 Å². The van der Waals surface area contributed by atoms with Crippen molar-refractivity contribution in [2.24, 2.45) is 0 Å². The van der Waals surface area contributed by atoms with Gasteiger partial charge in [-0.2, -0.15) is 0 Å². The van der Waals surface area contributed by atoms with Crippen LogP contribution in [-0.4, -0.2) is 83.0 Å². The van der Waals surface area contributed by atoms with Crippen LogP contribution in [0.1, 0.15) is 52.4 Å². The molecule has 0 radical (unpaired) electrons. The highest BCUT2D eigenvalue weighted by molar-refractivity contribution is 5.85. The van der Waals surface area contributed by atoms with E-state index in [4.69, 9.17) is 5.11 Å². The number of rotatable bonds is 6. The Morgan fingerprint density at radius 2 is 1.80 bits per heavy atom. The smallest absolute Gasteiger partial charge is 0.317 e. The van der Waals surface area contributed by atoms with E-state index in [0.717, 1.165) is 51.7 Å². The van der Waals surface area contributed by atoms with E-state index in [9.17, 15) is 9.59 Å². The first-order chi connectivity index (χ1) is 11.4. The minimum Gasteiger partial charge on any atom is -0.480 e. The summed E-state index contributed by atoms with van der Waals surface area (Å²) in [4.78, 5) is 30.1. The first-order valence-corrected chi connectivity index (χ1v) is 9.40. The summed E-state index contributed by atoms with van der Waals surface area (Å²) in [5.74, 6) is -0.502. The van der Waals surface area contributed by atoms with Crippen LogP contribution in [0.4, 0.5) is 0 Å². The molecule has 0 aromatic carbocycles. The van der Waals surface area contributed by atoms with E-state index in [1.54, 1.807) is 0 Å². The van der Waals surface area contributed by atoms with Crippen LogP contribution in [0.15, 0.2) is 0 Å². The molecule has 146 valence electrons. The van der Waals surface area contributed by atoms with Crippen molar-refractivity contribution in [3.05, 3.63) is 0 Å². The predicted octanol–water partition coefficient (Wildman–Crippen LogP) is 2.07. The summed E-state index contributed by atoms with van der Waals surface area (Å²) in [5, 5.41) is 8.92. The first-order valence-electron chi connectivity index (χ1n) is 9.40. The zero-order chi connectivity index (χ0) is 17.7. The number of aliphatic carboxylic acids is 1. The Bertz CT molecular complexity index is 441. The Kier molecular flexibility index (Phi) is 9.17. The average molecular weight is 376 g/mol. The second-order valence-electron chi connectivity index (χ2n) is 7.34. The number of carboxylic acid groups (broad SMARTS) is 1. The molecule has 2 atom stereocenters. The van der Waals surface area contributed by atoms with Crippen molar-refractivity contribution in [2.75, 3.05) is 33.2 Å². The maximum atomic E-state index is 12.9. The highest BCUT2D eigenvalue weighted by Crippen LogP contribution is 2.23. The fourth-order valence-electron chi connectivity index (χ4n) is 4.17. The van der Waals surface area contributed by atoms with E-state index >= 15 is 0 Å². The standard InChI is InChI=1S/C18H33N3O3.ClH/c1-4-15-7-5-6-10-21(15)18(24)14(2)20-11-8-16(9-12-20)19(3)13-17(22)23;/h14-16H,4-13H2,1-3H3,(H,22,23);1H. The Labute approximate surface area is 157 Å². The molecule has 0 saturated carbocycles. The first kappa shape index (κ1) is 22.2. The van der Waals surface area contributed by atoms with Crippen LogP contribution >= 0.6 is 12.4 Å². The molecule has 2 rings (SSSR count). The summed E-state index contributed by atoms with van der Waals surface area (Å²) in [6.45, 7) is 6.93. The zero-order valence-corrected chi connectivity index (χ0v) is 16.6. The third-order valence-electron chi connectivity index (χ3n) is 5.79. The topological polar surface area (TPSA) is 64.1 Å². The Balaban J connectivity index is 0.00000312. The molecule has 25 heavy (non-hydrogen) atoms. The Morgan fingerprint density at radius 1 is 1.16 bits per heavy atom. The molecule has 6 nitrogen and oxygen atoms in total. The molecule has 2 fully saturated rings. The molecule has 0 aromatic heterocycles. The largest absolute Gasteiger partial charge is 0.480 e. The number of carbonyl (C=O) groups is 2. The molecule has 2 saturated heterocycles. The minimum absolute atomic E-state index is 0. The van der Waals surface area contributed by atoms with Gasteiger partial charge in [-0.25, -0.2) is 0 Å². The van der Waals surface area contributed by atoms with Gasteiger partial charge in [-0.15, -0.1) is 12.4 Å². The van der Waals surface area contributed by atoms with Crippen LogP contribution in [-0.2, 0) is 9.59 Å². The molecule has 0 aromatic rings. The molecule has 0 bridgehead atoms. The lowest BCUT2D eigenvalue weighted by Crippen LogP contribution is -2.55. The molecule has 1 N–H and O–H groups in total. The van der Waals surface area contributed by atoms with Crippen molar-refractivity contribution < 1.29 is 14.7 Å². The molecule has 7 heteroatoms. The SMILES string of the molecule is CCC1CCCCN1C(=O)C(C)N1CCC(N(C)CC(=O)O)CC1.Cl. The van der Waals surface area contributed by atoms with E-state index in [1.165, 1.54) is 6.42 Å². The number of carboxylic acids is 1. The molecular weight excluding hydrogens is 342 g/mol. The Morgan fingerprint density at radius 3 is 2.36 bits per heavy atom. The molecule has 0 aliphatic carbocycles. The van der Waals surface area contributed by atoms with Crippen molar-refractivity contribution in [3.8, 4) is 0 Å². The zero-order valence-electron chi connectivity index (χ0n) is 15.8. The fourth-order valence-corrected chi connectivity index (χ4v) is 4.17. The van der Waals surface area contributed by atoms with Crippen LogP contribution in [0.25, 0.3) is 0 Å². The molecule has 0 spiro atoms. The quantitative estimate of drug-likeness (QED) is 0.769. The monoisotopic (exact) mass is 375 g/mol. The second kappa shape index (κ2) is 10.3. The van der Waals surface area contributed by atoms with Gasteiger partial charge in [0.25, 0.3) is 0 Å². The summed E-state index contributed by atoms with van der Waals surface area (Å²) < 4.78 is 0. The number of likely N-dealkylation sites (tertiary alicyclic amines) is 2. The number of nitrogens with zero attached hydrogens (tertiary/aromatic N) is 3. The van der Waals surface area contributed by atoms with Gasteiger partial charge >= 0.3 is 5.97 Å². The number of amides is 1.